The molecule has 102 valence electrons. The van der Waals surface area contributed by atoms with Crippen LogP contribution in [0.15, 0.2) is 33.6 Å². The Kier molecular flexibility index (Phi) is 3.55. The molecule has 1 heterocycles. The van der Waals surface area contributed by atoms with Crippen molar-refractivity contribution in [3.8, 4) is 0 Å². The van der Waals surface area contributed by atoms with Crippen LogP contribution in [-0.2, 0) is 17.1 Å². The van der Waals surface area contributed by atoms with Crippen LogP contribution in [0.1, 0.15) is 5.69 Å². The Morgan fingerprint density at radius 1 is 1.42 bits per heavy atom. The quantitative estimate of drug-likeness (QED) is 0.889. The lowest BCUT2D eigenvalue weighted by Crippen LogP contribution is -2.16. The van der Waals surface area contributed by atoms with Crippen LogP contribution in [0, 0.1) is 6.92 Å². The molecule has 2 aromatic rings. The van der Waals surface area contributed by atoms with Gasteiger partial charge in [0.1, 0.15) is 0 Å². The van der Waals surface area contributed by atoms with Crippen LogP contribution in [0.2, 0.25) is 0 Å². The maximum atomic E-state index is 12.2. The van der Waals surface area contributed by atoms with Crippen molar-refractivity contribution in [3.63, 3.8) is 0 Å². The molecule has 19 heavy (non-hydrogen) atoms. The monoisotopic (exact) mass is 344 g/mol. The Balaban J connectivity index is 2.42. The molecule has 6 nitrogen and oxygen atoms in total. The second-order valence-electron chi connectivity index (χ2n) is 4.03. The number of halogens is 1. The number of nitrogen functional groups attached to an aromatic ring is 1. The number of anilines is 2. The molecule has 0 aliphatic carbocycles. The lowest BCUT2D eigenvalue weighted by Gasteiger charge is -2.09. The van der Waals surface area contributed by atoms with Gasteiger partial charge >= 0.3 is 0 Å². The van der Waals surface area contributed by atoms with Gasteiger partial charge in [-0.15, -0.1) is 0 Å². The van der Waals surface area contributed by atoms with E-state index in [4.69, 9.17) is 5.73 Å². The van der Waals surface area contributed by atoms with Gasteiger partial charge in [0.2, 0.25) is 0 Å². The van der Waals surface area contributed by atoms with E-state index in [0.29, 0.717) is 15.9 Å². The summed E-state index contributed by atoms with van der Waals surface area (Å²) in [5.74, 6) is 0.262. The highest BCUT2D eigenvalue weighted by Gasteiger charge is 2.19. The van der Waals surface area contributed by atoms with Gasteiger partial charge in [-0.05, 0) is 25.1 Å². The fourth-order valence-corrected chi connectivity index (χ4v) is 3.32. The number of aromatic nitrogens is 2. The van der Waals surface area contributed by atoms with Crippen molar-refractivity contribution in [2.24, 2.45) is 7.05 Å². The van der Waals surface area contributed by atoms with Crippen molar-refractivity contribution < 1.29 is 8.42 Å². The standard InChI is InChI=1S/C11H13BrN4O2S/c1-7-10(13)11(16(2)14-7)15-19(17,18)9-5-3-4-8(12)6-9/h3-6,15H,13H2,1-2H3. The smallest absolute Gasteiger partial charge is 0.263 e. The molecule has 1 aromatic carbocycles. The third-order valence-corrected chi connectivity index (χ3v) is 4.44. The molecule has 0 bridgehead atoms. The largest absolute Gasteiger partial charge is 0.394 e. The van der Waals surface area contributed by atoms with Crippen LogP contribution in [-0.4, -0.2) is 18.2 Å². The minimum atomic E-state index is -3.69. The van der Waals surface area contributed by atoms with E-state index in [2.05, 4.69) is 25.8 Å². The summed E-state index contributed by atoms with van der Waals surface area (Å²) in [5.41, 5.74) is 6.70. The summed E-state index contributed by atoms with van der Waals surface area (Å²) in [5, 5.41) is 4.06. The average molecular weight is 345 g/mol. The molecule has 8 heteroatoms. The minimum Gasteiger partial charge on any atom is -0.394 e. The van der Waals surface area contributed by atoms with Gasteiger partial charge in [-0.3, -0.25) is 4.72 Å². The maximum Gasteiger partial charge on any atom is 0.263 e. The van der Waals surface area contributed by atoms with Crippen molar-refractivity contribution in [2.45, 2.75) is 11.8 Å². The molecule has 0 radical (unpaired) electrons. The van der Waals surface area contributed by atoms with Crippen molar-refractivity contribution in [1.29, 1.82) is 0 Å². The van der Waals surface area contributed by atoms with Gasteiger partial charge in [-0.2, -0.15) is 5.10 Å². The van der Waals surface area contributed by atoms with Crippen molar-refractivity contribution in [1.82, 2.24) is 9.78 Å². The van der Waals surface area contributed by atoms with Crippen LogP contribution in [0.3, 0.4) is 0 Å². The first kappa shape index (κ1) is 13.9. The topological polar surface area (TPSA) is 90.0 Å². The van der Waals surface area contributed by atoms with Gasteiger partial charge < -0.3 is 5.73 Å². The fraction of sp³-hybridized carbons (Fsp3) is 0.182. The Morgan fingerprint density at radius 3 is 2.63 bits per heavy atom. The first-order valence-electron chi connectivity index (χ1n) is 5.39. The van der Waals surface area contributed by atoms with Crippen LogP contribution < -0.4 is 10.5 Å². The number of nitrogens with zero attached hydrogens (tertiary/aromatic N) is 2. The third kappa shape index (κ3) is 2.74. The SMILES string of the molecule is Cc1nn(C)c(NS(=O)(=O)c2cccc(Br)c2)c1N. The lowest BCUT2D eigenvalue weighted by atomic mass is 10.4. The first-order chi connectivity index (χ1) is 8.81. The van der Waals surface area contributed by atoms with E-state index in [1.54, 1.807) is 26.1 Å². The number of nitrogens with one attached hydrogen (secondary N) is 1. The van der Waals surface area contributed by atoms with Crippen LogP contribution in [0.25, 0.3) is 0 Å². The third-order valence-electron chi connectivity index (χ3n) is 2.61. The fourth-order valence-electron chi connectivity index (χ4n) is 1.62. The Labute approximate surface area is 119 Å². The summed E-state index contributed by atoms with van der Waals surface area (Å²) in [6, 6.07) is 6.42. The number of hydrogen-bond acceptors (Lipinski definition) is 4. The second-order valence-corrected chi connectivity index (χ2v) is 6.63. The predicted molar refractivity (Wildman–Crippen MR) is 77.3 cm³/mol. The molecule has 0 aliphatic rings. The van der Waals surface area contributed by atoms with Crippen LogP contribution in [0.5, 0.6) is 0 Å². The van der Waals surface area contributed by atoms with E-state index in [9.17, 15) is 8.42 Å². The van der Waals surface area contributed by atoms with Gasteiger partial charge in [0.15, 0.2) is 5.82 Å². The molecule has 0 aliphatic heterocycles. The zero-order valence-corrected chi connectivity index (χ0v) is 12.8. The minimum absolute atomic E-state index is 0.153. The highest BCUT2D eigenvalue weighted by Crippen LogP contribution is 2.25. The summed E-state index contributed by atoms with van der Waals surface area (Å²) in [7, 11) is -2.06. The normalized spacial score (nSPS) is 11.5. The molecule has 0 fully saturated rings. The molecule has 2 rings (SSSR count). The Morgan fingerprint density at radius 2 is 2.11 bits per heavy atom. The number of hydrogen-bond donors (Lipinski definition) is 2. The van der Waals surface area contributed by atoms with Gasteiger partial charge in [-0.25, -0.2) is 13.1 Å². The molecular formula is C11H13BrN4O2S. The van der Waals surface area contributed by atoms with E-state index < -0.39 is 10.0 Å². The van der Waals surface area contributed by atoms with Crippen molar-refractivity contribution in [2.75, 3.05) is 10.5 Å². The molecule has 0 unspecified atom stereocenters. The molecule has 0 atom stereocenters. The zero-order chi connectivity index (χ0) is 14.2. The Bertz CT molecular complexity index is 724. The summed E-state index contributed by atoms with van der Waals surface area (Å²) in [6.07, 6.45) is 0. The predicted octanol–water partition coefficient (Wildman–Crippen LogP) is 1.87. The van der Waals surface area contributed by atoms with Gasteiger partial charge in [-0.1, -0.05) is 22.0 Å². The molecular weight excluding hydrogens is 332 g/mol. The van der Waals surface area contributed by atoms with E-state index in [-0.39, 0.29) is 10.7 Å². The van der Waals surface area contributed by atoms with E-state index in [0.717, 1.165) is 0 Å². The highest BCUT2D eigenvalue weighted by atomic mass is 79.9. The van der Waals surface area contributed by atoms with E-state index in [1.165, 1.54) is 16.8 Å². The molecule has 1 aromatic heterocycles. The first-order valence-corrected chi connectivity index (χ1v) is 7.66. The second kappa shape index (κ2) is 4.86. The van der Waals surface area contributed by atoms with E-state index >= 15 is 0 Å². The summed E-state index contributed by atoms with van der Waals surface area (Å²) >= 11 is 3.24. The average Bonchev–Trinajstić information content (AvgIpc) is 2.56. The van der Waals surface area contributed by atoms with Gasteiger partial charge in [0, 0.05) is 11.5 Å². The van der Waals surface area contributed by atoms with Crippen molar-refractivity contribution in [3.05, 3.63) is 34.4 Å². The number of rotatable bonds is 3. The highest BCUT2D eigenvalue weighted by molar-refractivity contribution is 9.10. The molecule has 0 saturated carbocycles. The van der Waals surface area contributed by atoms with Crippen molar-refractivity contribution >= 4 is 37.5 Å². The molecule has 0 spiro atoms. The number of aryl methyl sites for hydroxylation is 2. The molecule has 0 saturated heterocycles. The summed E-state index contributed by atoms with van der Waals surface area (Å²) in [6.45, 7) is 1.71. The Hall–Kier alpha value is -1.54. The van der Waals surface area contributed by atoms with E-state index in [1.807, 2.05) is 0 Å². The summed E-state index contributed by atoms with van der Waals surface area (Å²) < 4.78 is 29.0. The maximum absolute atomic E-state index is 12.2. The van der Waals surface area contributed by atoms with Gasteiger partial charge in [0.05, 0.1) is 16.3 Å². The number of nitrogens with two attached hydrogens (primary N) is 1. The zero-order valence-electron chi connectivity index (χ0n) is 10.4. The van der Waals surface area contributed by atoms with Gasteiger partial charge in [0.25, 0.3) is 10.0 Å². The summed E-state index contributed by atoms with van der Waals surface area (Å²) in [4.78, 5) is 0.153. The molecule has 3 N–H and O–H groups in total. The number of sulfonamides is 1. The molecule has 0 amide bonds. The van der Waals surface area contributed by atoms with Crippen LogP contribution >= 0.6 is 15.9 Å². The lowest BCUT2D eigenvalue weighted by molar-refractivity contribution is 0.600. The number of benzene rings is 1. The van der Waals surface area contributed by atoms with Crippen LogP contribution in [0.4, 0.5) is 11.5 Å².